The highest BCUT2D eigenvalue weighted by atomic mass is 35.5. The van der Waals surface area contributed by atoms with Gasteiger partial charge in [-0.3, -0.25) is 4.79 Å². The number of halogens is 2. The molecule has 2 aliphatic rings. The Kier molecular flexibility index (Phi) is 5.53. The zero-order valence-electron chi connectivity index (χ0n) is 18.8. The van der Waals surface area contributed by atoms with Crippen LogP contribution in [0.1, 0.15) is 53.6 Å². The van der Waals surface area contributed by atoms with Gasteiger partial charge in [0, 0.05) is 23.5 Å². The Morgan fingerprint density at radius 2 is 2.09 bits per heavy atom. The van der Waals surface area contributed by atoms with E-state index in [0.717, 1.165) is 41.8 Å². The van der Waals surface area contributed by atoms with E-state index in [-0.39, 0.29) is 23.5 Å². The quantitative estimate of drug-likeness (QED) is 0.567. The standard InChI is InChI=1S/C26H27ClFN3O2/c1-16-8-18(4-5-23(16)30-13-17(2)29-15-30)22-12-26(22)6-3-7-31(25(26)33)24(14-32)19-9-20(27)11-21(28)10-19/h4-5,8-11,13,15,22,24,32H,3,6-7,12,14H2,1-2H3. The number of imidazole rings is 1. The molecule has 1 aromatic heterocycles. The number of piperidine rings is 1. The SMILES string of the molecule is Cc1cn(-c2ccc(C3CC34CCCN(C(CO)c3cc(F)cc(Cl)c3)C4=O)cc2C)cn1. The monoisotopic (exact) mass is 467 g/mol. The largest absolute Gasteiger partial charge is 0.394 e. The van der Waals surface area contributed by atoms with Crippen LogP contribution in [-0.4, -0.2) is 38.6 Å². The minimum absolute atomic E-state index is 0.0464. The van der Waals surface area contributed by atoms with Crippen molar-refractivity contribution in [2.45, 2.75) is 45.1 Å². The summed E-state index contributed by atoms with van der Waals surface area (Å²) in [5, 5.41) is 10.4. The van der Waals surface area contributed by atoms with Crippen LogP contribution < -0.4 is 0 Å². The van der Waals surface area contributed by atoms with Gasteiger partial charge in [-0.15, -0.1) is 0 Å². The van der Waals surface area contributed by atoms with Crippen LogP contribution in [0.5, 0.6) is 0 Å². The van der Waals surface area contributed by atoms with Gasteiger partial charge in [0.15, 0.2) is 0 Å². The predicted octanol–water partition coefficient (Wildman–Crippen LogP) is 5.11. The molecule has 3 unspecified atom stereocenters. The van der Waals surface area contributed by atoms with Crippen molar-refractivity contribution in [3.05, 3.63) is 82.1 Å². The van der Waals surface area contributed by atoms with Crippen molar-refractivity contribution in [2.24, 2.45) is 5.41 Å². The van der Waals surface area contributed by atoms with Crippen molar-refractivity contribution < 1.29 is 14.3 Å². The second-order valence-corrected chi connectivity index (χ2v) is 9.82. The number of amides is 1. The number of aromatic nitrogens is 2. The second-order valence-electron chi connectivity index (χ2n) is 9.38. The normalized spacial score (nSPS) is 23.2. The van der Waals surface area contributed by atoms with Crippen LogP contribution in [0.15, 0.2) is 48.9 Å². The van der Waals surface area contributed by atoms with E-state index < -0.39 is 17.3 Å². The number of hydrogen-bond acceptors (Lipinski definition) is 3. The fraction of sp³-hybridized carbons (Fsp3) is 0.385. The summed E-state index contributed by atoms with van der Waals surface area (Å²) in [6.07, 6.45) is 6.29. The summed E-state index contributed by atoms with van der Waals surface area (Å²) in [6, 6.07) is 9.99. The summed E-state index contributed by atoms with van der Waals surface area (Å²) >= 11 is 6.04. The summed E-state index contributed by atoms with van der Waals surface area (Å²) in [5.41, 5.74) is 4.43. The van der Waals surface area contributed by atoms with Crippen molar-refractivity contribution in [1.29, 1.82) is 0 Å². The first-order chi connectivity index (χ1) is 15.8. The maximum absolute atomic E-state index is 14.0. The molecule has 5 rings (SSSR count). The molecule has 3 atom stereocenters. The van der Waals surface area contributed by atoms with Gasteiger partial charge < -0.3 is 14.6 Å². The number of aryl methyl sites for hydroxylation is 2. The van der Waals surface area contributed by atoms with Crippen molar-refractivity contribution in [1.82, 2.24) is 14.5 Å². The summed E-state index contributed by atoms with van der Waals surface area (Å²) in [6.45, 7) is 4.31. The Bertz CT molecular complexity index is 1210. The van der Waals surface area contributed by atoms with Crippen LogP contribution in [0.3, 0.4) is 0 Å². The fourth-order valence-corrected chi connectivity index (χ4v) is 5.73. The Balaban J connectivity index is 1.40. The van der Waals surface area contributed by atoms with E-state index in [2.05, 4.69) is 30.1 Å². The van der Waals surface area contributed by atoms with Gasteiger partial charge >= 0.3 is 0 Å². The number of carbonyl (C=O) groups excluding carboxylic acids is 1. The molecule has 1 saturated carbocycles. The maximum Gasteiger partial charge on any atom is 0.230 e. The average Bonchev–Trinajstić information content (AvgIpc) is 3.33. The van der Waals surface area contributed by atoms with E-state index in [1.165, 1.54) is 12.1 Å². The van der Waals surface area contributed by atoms with E-state index in [9.17, 15) is 14.3 Å². The van der Waals surface area contributed by atoms with Gasteiger partial charge in [0.2, 0.25) is 5.91 Å². The molecule has 1 spiro atoms. The number of benzene rings is 2. The van der Waals surface area contributed by atoms with Gasteiger partial charge in [0.1, 0.15) is 5.82 Å². The number of carbonyl (C=O) groups is 1. The number of rotatable bonds is 5. The number of likely N-dealkylation sites (tertiary alicyclic amines) is 1. The van der Waals surface area contributed by atoms with E-state index in [4.69, 9.17) is 11.6 Å². The smallest absolute Gasteiger partial charge is 0.230 e. The molecular formula is C26H27ClFN3O2. The molecule has 2 aromatic carbocycles. The lowest BCUT2D eigenvalue weighted by atomic mass is 9.87. The Morgan fingerprint density at radius 1 is 1.27 bits per heavy atom. The van der Waals surface area contributed by atoms with Gasteiger partial charge in [-0.25, -0.2) is 9.37 Å². The van der Waals surface area contributed by atoms with Crippen molar-refractivity contribution in [3.8, 4) is 5.69 Å². The minimum Gasteiger partial charge on any atom is -0.394 e. The lowest BCUT2D eigenvalue weighted by molar-refractivity contribution is -0.144. The Morgan fingerprint density at radius 3 is 2.76 bits per heavy atom. The third-order valence-corrected chi connectivity index (χ3v) is 7.43. The van der Waals surface area contributed by atoms with Gasteiger partial charge in [-0.05, 0) is 80.0 Å². The zero-order valence-corrected chi connectivity index (χ0v) is 19.5. The molecule has 1 aliphatic heterocycles. The van der Waals surface area contributed by atoms with Crippen LogP contribution in [-0.2, 0) is 4.79 Å². The highest BCUT2D eigenvalue weighted by molar-refractivity contribution is 6.30. The molecule has 0 radical (unpaired) electrons. The zero-order chi connectivity index (χ0) is 23.3. The van der Waals surface area contributed by atoms with Gasteiger partial charge in [-0.2, -0.15) is 0 Å². The van der Waals surface area contributed by atoms with Crippen molar-refractivity contribution >= 4 is 17.5 Å². The van der Waals surface area contributed by atoms with Crippen LogP contribution in [0.25, 0.3) is 5.69 Å². The molecule has 33 heavy (non-hydrogen) atoms. The van der Waals surface area contributed by atoms with Crippen LogP contribution >= 0.6 is 11.6 Å². The van der Waals surface area contributed by atoms with Crippen LogP contribution in [0.4, 0.5) is 4.39 Å². The van der Waals surface area contributed by atoms with E-state index >= 15 is 0 Å². The third-order valence-electron chi connectivity index (χ3n) is 7.22. The molecule has 3 aromatic rings. The molecule has 2 heterocycles. The maximum atomic E-state index is 14.0. The number of aliphatic hydroxyl groups is 1. The fourth-order valence-electron chi connectivity index (χ4n) is 5.50. The number of aliphatic hydroxyl groups excluding tert-OH is 1. The first-order valence-corrected chi connectivity index (χ1v) is 11.7. The Hall–Kier alpha value is -2.70. The Labute approximate surface area is 197 Å². The molecule has 2 fully saturated rings. The number of hydrogen-bond donors (Lipinski definition) is 1. The molecule has 7 heteroatoms. The molecule has 1 N–H and O–H groups in total. The average molecular weight is 468 g/mol. The molecule has 5 nitrogen and oxygen atoms in total. The van der Waals surface area contributed by atoms with Crippen molar-refractivity contribution in [2.75, 3.05) is 13.2 Å². The minimum atomic E-state index is -0.599. The van der Waals surface area contributed by atoms with Crippen LogP contribution in [0.2, 0.25) is 5.02 Å². The third kappa shape index (κ3) is 3.85. The van der Waals surface area contributed by atoms with Crippen LogP contribution in [0, 0.1) is 25.1 Å². The molecule has 1 amide bonds. The molecular weight excluding hydrogens is 441 g/mol. The van der Waals surface area contributed by atoms with Gasteiger partial charge in [0.05, 0.1) is 30.1 Å². The topological polar surface area (TPSA) is 58.4 Å². The van der Waals surface area contributed by atoms with E-state index in [0.29, 0.717) is 12.1 Å². The van der Waals surface area contributed by atoms with Gasteiger partial charge in [0.25, 0.3) is 0 Å². The molecule has 0 bridgehead atoms. The summed E-state index contributed by atoms with van der Waals surface area (Å²) in [4.78, 5) is 19.7. The summed E-state index contributed by atoms with van der Waals surface area (Å²) < 4.78 is 16.0. The number of nitrogens with zero attached hydrogens (tertiary/aromatic N) is 3. The summed E-state index contributed by atoms with van der Waals surface area (Å²) in [5.74, 6) is -0.270. The first-order valence-electron chi connectivity index (χ1n) is 11.3. The molecule has 1 saturated heterocycles. The predicted molar refractivity (Wildman–Crippen MR) is 125 cm³/mol. The summed E-state index contributed by atoms with van der Waals surface area (Å²) in [7, 11) is 0. The van der Waals surface area contributed by atoms with Crippen molar-refractivity contribution in [3.63, 3.8) is 0 Å². The lowest BCUT2D eigenvalue weighted by Crippen LogP contribution is -2.46. The first kappa shape index (κ1) is 22.1. The highest BCUT2D eigenvalue weighted by Crippen LogP contribution is 2.64. The van der Waals surface area contributed by atoms with E-state index in [1.807, 2.05) is 24.0 Å². The van der Waals surface area contributed by atoms with Gasteiger partial charge in [-0.1, -0.05) is 23.7 Å². The second kappa shape index (κ2) is 8.26. The molecule has 1 aliphatic carbocycles. The molecule has 172 valence electrons. The van der Waals surface area contributed by atoms with E-state index in [1.54, 1.807) is 11.0 Å². The lowest BCUT2D eigenvalue weighted by Gasteiger charge is -2.38. The highest BCUT2D eigenvalue weighted by Gasteiger charge is 2.62.